The molecule has 4 nitrogen and oxygen atoms in total. The van der Waals surface area contributed by atoms with E-state index in [4.69, 9.17) is 4.74 Å². The fourth-order valence-corrected chi connectivity index (χ4v) is 2.16. The average molecular weight is 259 g/mol. The van der Waals surface area contributed by atoms with Crippen molar-refractivity contribution in [1.29, 1.82) is 0 Å². The van der Waals surface area contributed by atoms with Gasteiger partial charge in [-0.1, -0.05) is 6.07 Å². The normalized spacial score (nSPS) is 10.5. The number of hydrogen-bond acceptors (Lipinski definition) is 3. The molecule has 0 bridgehead atoms. The van der Waals surface area contributed by atoms with Crippen LogP contribution in [0.3, 0.4) is 0 Å². The topological polar surface area (TPSA) is 39.1 Å². The van der Waals surface area contributed by atoms with Gasteiger partial charge in [0.15, 0.2) is 0 Å². The summed E-state index contributed by atoms with van der Waals surface area (Å²) in [7, 11) is 1.69. The summed E-state index contributed by atoms with van der Waals surface area (Å²) in [6.45, 7) is 7.82. The van der Waals surface area contributed by atoms with Crippen LogP contribution in [0.15, 0.2) is 24.3 Å². The van der Waals surface area contributed by atoms with Gasteiger partial charge in [0.2, 0.25) is 0 Å². The number of rotatable bonds is 5. The zero-order valence-corrected chi connectivity index (χ0v) is 12.0. The highest BCUT2D eigenvalue weighted by Gasteiger charge is 2.06. The molecule has 0 unspecified atom stereocenters. The monoisotopic (exact) mass is 259 g/mol. The second-order valence-electron chi connectivity index (χ2n) is 4.65. The highest BCUT2D eigenvalue weighted by atomic mass is 16.5. The number of aryl methyl sites for hydroxylation is 3. The van der Waals surface area contributed by atoms with Crippen LogP contribution < -0.4 is 10.1 Å². The third kappa shape index (κ3) is 3.08. The Hall–Kier alpha value is -1.97. The molecular weight excluding hydrogens is 238 g/mol. The summed E-state index contributed by atoms with van der Waals surface area (Å²) in [6.07, 6.45) is 0. The van der Waals surface area contributed by atoms with E-state index in [2.05, 4.69) is 36.4 Å². The SMILES string of the molecule is CCn1nc(C)cc1CNc1cc(C)ccc1OC. The first kappa shape index (κ1) is 13.5. The highest BCUT2D eigenvalue weighted by Crippen LogP contribution is 2.25. The molecule has 4 heteroatoms. The van der Waals surface area contributed by atoms with E-state index in [1.165, 1.54) is 11.3 Å². The molecule has 0 aliphatic carbocycles. The molecular formula is C15H21N3O. The van der Waals surface area contributed by atoms with Crippen molar-refractivity contribution in [1.82, 2.24) is 9.78 Å². The molecule has 0 saturated heterocycles. The lowest BCUT2D eigenvalue weighted by molar-refractivity contribution is 0.416. The van der Waals surface area contributed by atoms with E-state index < -0.39 is 0 Å². The number of benzene rings is 1. The molecule has 1 heterocycles. The number of nitrogens with one attached hydrogen (secondary N) is 1. The summed E-state index contributed by atoms with van der Waals surface area (Å²) < 4.78 is 7.38. The molecule has 19 heavy (non-hydrogen) atoms. The zero-order chi connectivity index (χ0) is 13.8. The molecule has 0 amide bonds. The fraction of sp³-hybridized carbons (Fsp3) is 0.400. The van der Waals surface area contributed by atoms with Crippen LogP contribution in [0.2, 0.25) is 0 Å². The van der Waals surface area contributed by atoms with Crippen molar-refractivity contribution in [2.45, 2.75) is 33.9 Å². The van der Waals surface area contributed by atoms with Crippen molar-refractivity contribution in [3.05, 3.63) is 41.2 Å². The summed E-state index contributed by atoms with van der Waals surface area (Å²) in [5, 5.41) is 7.87. The third-order valence-corrected chi connectivity index (χ3v) is 3.10. The van der Waals surface area contributed by atoms with Gasteiger partial charge in [0.1, 0.15) is 5.75 Å². The second-order valence-corrected chi connectivity index (χ2v) is 4.65. The van der Waals surface area contributed by atoms with Crippen molar-refractivity contribution in [2.75, 3.05) is 12.4 Å². The molecule has 102 valence electrons. The molecule has 0 saturated carbocycles. The molecule has 0 aliphatic rings. The summed E-state index contributed by atoms with van der Waals surface area (Å²) in [5.41, 5.74) is 4.46. The van der Waals surface area contributed by atoms with E-state index in [0.717, 1.165) is 30.2 Å². The van der Waals surface area contributed by atoms with Crippen LogP contribution in [0.4, 0.5) is 5.69 Å². The van der Waals surface area contributed by atoms with Gasteiger partial charge in [0.25, 0.3) is 0 Å². The third-order valence-electron chi connectivity index (χ3n) is 3.10. The Kier molecular flexibility index (Phi) is 4.10. The molecule has 0 aliphatic heterocycles. The van der Waals surface area contributed by atoms with E-state index in [-0.39, 0.29) is 0 Å². The lowest BCUT2D eigenvalue weighted by Crippen LogP contribution is -2.08. The minimum absolute atomic E-state index is 0.745. The van der Waals surface area contributed by atoms with Crippen LogP contribution >= 0.6 is 0 Å². The first-order valence-corrected chi connectivity index (χ1v) is 6.56. The van der Waals surface area contributed by atoms with Crippen molar-refractivity contribution < 1.29 is 4.74 Å². The van der Waals surface area contributed by atoms with Gasteiger partial charge in [-0.2, -0.15) is 5.10 Å². The Bertz CT molecular complexity index is 561. The van der Waals surface area contributed by atoms with Gasteiger partial charge in [-0.15, -0.1) is 0 Å². The number of methoxy groups -OCH3 is 1. The fourth-order valence-electron chi connectivity index (χ4n) is 2.16. The van der Waals surface area contributed by atoms with E-state index in [1.54, 1.807) is 7.11 Å². The molecule has 2 rings (SSSR count). The summed E-state index contributed by atoms with van der Waals surface area (Å²) in [5.74, 6) is 0.866. The largest absolute Gasteiger partial charge is 0.495 e. The van der Waals surface area contributed by atoms with Gasteiger partial charge in [0.05, 0.1) is 30.7 Å². The number of nitrogens with zero attached hydrogens (tertiary/aromatic N) is 2. The maximum absolute atomic E-state index is 5.37. The molecule has 0 fully saturated rings. The standard InChI is InChI=1S/C15H21N3O/c1-5-18-13(9-12(3)17-18)10-16-14-8-11(2)6-7-15(14)19-4/h6-9,16H,5,10H2,1-4H3. The predicted molar refractivity (Wildman–Crippen MR) is 77.7 cm³/mol. The molecule has 0 spiro atoms. The van der Waals surface area contributed by atoms with Gasteiger partial charge in [-0.3, -0.25) is 4.68 Å². The van der Waals surface area contributed by atoms with E-state index >= 15 is 0 Å². The summed E-state index contributed by atoms with van der Waals surface area (Å²) in [4.78, 5) is 0. The van der Waals surface area contributed by atoms with Gasteiger partial charge >= 0.3 is 0 Å². The Balaban J connectivity index is 2.15. The summed E-state index contributed by atoms with van der Waals surface area (Å²) in [6, 6.07) is 8.24. The van der Waals surface area contributed by atoms with Gasteiger partial charge in [-0.05, 0) is 44.5 Å². The first-order chi connectivity index (χ1) is 9.13. The van der Waals surface area contributed by atoms with Gasteiger partial charge < -0.3 is 10.1 Å². The quantitative estimate of drug-likeness (QED) is 0.896. The summed E-state index contributed by atoms with van der Waals surface area (Å²) >= 11 is 0. The van der Waals surface area contributed by atoms with Gasteiger partial charge in [-0.25, -0.2) is 0 Å². The molecule has 1 aromatic heterocycles. The number of anilines is 1. The lowest BCUT2D eigenvalue weighted by atomic mass is 10.2. The zero-order valence-electron chi connectivity index (χ0n) is 12.0. The molecule has 1 N–H and O–H groups in total. The number of aromatic nitrogens is 2. The van der Waals surface area contributed by atoms with Crippen LogP contribution in [-0.4, -0.2) is 16.9 Å². The molecule has 1 aromatic carbocycles. The lowest BCUT2D eigenvalue weighted by Gasteiger charge is -2.12. The van der Waals surface area contributed by atoms with Crippen molar-refractivity contribution in [3.63, 3.8) is 0 Å². The molecule has 0 radical (unpaired) electrons. The van der Waals surface area contributed by atoms with E-state index in [9.17, 15) is 0 Å². The first-order valence-electron chi connectivity index (χ1n) is 6.56. The maximum Gasteiger partial charge on any atom is 0.141 e. The Morgan fingerprint density at radius 3 is 2.74 bits per heavy atom. The van der Waals surface area contributed by atoms with E-state index in [0.29, 0.717) is 0 Å². The van der Waals surface area contributed by atoms with Crippen LogP contribution in [0.5, 0.6) is 5.75 Å². The van der Waals surface area contributed by atoms with E-state index in [1.807, 2.05) is 23.7 Å². The molecule has 2 aromatic rings. The van der Waals surface area contributed by atoms with Gasteiger partial charge in [0, 0.05) is 6.54 Å². The van der Waals surface area contributed by atoms with Crippen LogP contribution in [0, 0.1) is 13.8 Å². The van der Waals surface area contributed by atoms with Crippen molar-refractivity contribution >= 4 is 5.69 Å². The number of ether oxygens (including phenoxy) is 1. The highest BCUT2D eigenvalue weighted by molar-refractivity contribution is 5.58. The number of hydrogen-bond donors (Lipinski definition) is 1. The Morgan fingerprint density at radius 1 is 1.26 bits per heavy atom. The minimum Gasteiger partial charge on any atom is -0.495 e. The van der Waals surface area contributed by atoms with Crippen LogP contribution in [0.25, 0.3) is 0 Å². The van der Waals surface area contributed by atoms with Crippen molar-refractivity contribution in [2.24, 2.45) is 0 Å². The average Bonchev–Trinajstić information content (AvgIpc) is 2.77. The van der Waals surface area contributed by atoms with Crippen LogP contribution in [-0.2, 0) is 13.1 Å². The minimum atomic E-state index is 0.745. The Labute approximate surface area is 114 Å². The Morgan fingerprint density at radius 2 is 2.05 bits per heavy atom. The van der Waals surface area contributed by atoms with Crippen molar-refractivity contribution in [3.8, 4) is 5.75 Å². The smallest absolute Gasteiger partial charge is 0.141 e. The van der Waals surface area contributed by atoms with Crippen LogP contribution in [0.1, 0.15) is 23.9 Å². The predicted octanol–water partition coefficient (Wildman–Crippen LogP) is 3.14. The molecule has 0 atom stereocenters. The second kappa shape index (κ2) is 5.78. The maximum atomic E-state index is 5.37.